The summed E-state index contributed by atoms with van der Waals surface area (Å²) in [6, 6.07) is 15.4. The third-order valence-corrected chi connectivity index (χ3v) is 10.5. The first kappa shape index (κ1) is 18.8. The summed E-state index contributed by atoms with van der Waals surface area (Å²) in [6.07, 6.45) is 0. The van der Waals surface area contributed by atoms with E-state index in [2.05, 4.69) is 0 Å². The monoisotopic (exact) mass is 729 g/mol. The van der Waals surface area contributed by atoms with Crippen LogP contribution in [0.5, 0.6) is 0 Å². The third-order valence-electron chi connectivity index (χ3n) is 10.5. The fraction of sp³-hybridized carbons (Fsp3) is 0. The molecule has 2 heteroatoms. The zero-order valence-corrected chi connectivity index (χ0v) is 29.0. The SMILES string of the molecule is [2H]c1c([2H])c([2H])c(-c2c([2H])c([2H])c([2H])c(-c3c4c([2H])c([2H])c([2H])c([2H])c4c(-c4ccc5c(-c6ccc7c(c6)oc6ccc8oc9ccccc9c8c67)cccc5c4)c4c([2H])c([2H])c([2H])c([2H])c34)c2[2H])c([2H])c1[2H]. The van der Waals surface area contributed by atoms with Crippen LogP contribution in [-0.2, 0) is 0 Å². The molecule has 2 heterocycles. The van der Waals surface area contributed by atoms with Crippen molar-refractivity contribution in [3.05, 3.63) is 194 Å². The van der Waals surface area contributed by atoms with E-state index in [1.807, 2.05) is 78.9 Å². The lowest BCUT2D eigenvalue weighted by Gasteiger charge is -2.18. The van der Waals surface area contributed by atoms with Gasteiger partial charge in [-0.1, -0.05) is 151 Å². The Hall–Kier alpha value is -7.42. The van der Waals surface area contributed by atoms with E-state index in [1.165, 1.54) is 0 Å². The number of rotatable bonds is 4. The van der Waals surface area contributed by atoms with E-state index in [1.54, 1.807) is 12.1 Å². The molecule has 0 N–H and O–H groups in total. The number of benzene rings is 10. The van der Waals surface area contributed by atoms with Crippen molar-refractivity contribution in [3.8, 4) is 44.5 Å². The minimum atomic E-state index is -0.881. The molecule has 2 aromatic heterocycles. The lowest BCUT2D eigenvalue weighted by Crippen LogP contribution is -1.91. The summed E-state index contributed by atoms with van der Waals surface area (Å²) in [5.41, 5.74) is 2.34. The topological polar surface area (TPSA) is 26.3 Å². The van der Waals surface area contributed by atoms with Gasteiger partial charge in [0.15, 0.2) is 0 Å². The van der Waals surface area contributed by atoms with Crippen molar-refractivity contribution >= 4 is 76.2 Å². The van der Waals surface area contributed by atoms with E-state index < -0.39 is 125 Å². The molecule has 0 spiro atoms. The Morgan fingerprint density at radius 1 is 0.339 bits per heavy atom. The number of fused-ring (bicyclic) bond motifs is 10. The van der Waals surface area contributed by atoms with E-state index in [-0.39, 0.29) is 32.7 Å². The standard InChI is InChI=1S/C54H32O2/c1-2-12-33(13-3-1)34-14-10-16-37(30-34)51-41-17-4-6-19-43(41)52(44-20-7-5-18-42(44)51)38-25-26-40-35(31-38)15-11-22-39(40)36-24-27-46-50(32-36)56-49-29-28-48-53(54(46)49)45-21-8-9-23-47(45)55-48/h1-32H/i1D,2D,3D,4D,5D,6D,7D,10D,12D,13D,14D,16D,17D,18D,19D,20D,30D. The Bertz CT molecular complexity index is 4430. The van der Waals surface area contributed by atoms with Crippen LogP contribution in [0, 0.1) is 0 Å². The van der Waals surface area contributed by atoms with Crippen molar-refractivity contribution in [1.82, 2.24) is 0 Å². The van der Waals surface area contributed by atoms with Gasteiger partial charge in [0, 0.05) is 21.5 Å². The molecule has 0 atom stereocenters. The molecule has 0 aliphatic carbocycles. The molecule has 0 fully saturated rings. The average Bonchev–Trinajstić information content (AvgIpc) is 3.97. The van der Waals surface area contributed by atoms with Crippen LogP contribution < -0.4 is 0 Å². The Labute approximate surface area is 346 Å². The van der Waals surface area contributed by atoms with Gasteiger partial charge < -0.3 is 8.83 Å². The van der Waals surface area contributed by atoms with E-state index in [9.17, 15) is 8.22 Å². The molecule has 0 aliphatic heterocycles. The second-order valence-electron chi connectivity index (χ2n) is 13.5. The van der Waals surface area contributed by atoms with Gasteiger partial charge in [-0.05, 0) is 119 Å². The van der Waals surface area contributed by atoms with Crippen LogP contribution in [0.3, 0.4) is 0 Å². The van der Waals surface area contributed by atoms with Crippen molar-refractivity contribution in [2.24, 2.45) is 0 Å². The van der Waals surface area contributed by atoms with Crippen LogP contribution in [0.1, 0.15) is 23.3 Å². The molecule has 12 aromatic rings. The van der Waals surface area contributed by atoms with Crippen LogP contribution in [0.15, 0.2) is 203 Å². The molecule has 0 saturated heterocycles. The van der Waals surface area contributed by atoms with Gasteiger partial charge in [-0.2, -0.15) is 0 Å². The second kappa shape index (κ2) is 12.0. The number of furan rings is 2. The number of hydrogen-bond donors (Lipinski definition) is 0. The molecule has 2 nitrogen and oxygen atoms in total. The largest absolute Gasteiger partial charge is 0.456 e. The third kappa shape index (κ3) is 4.63. The predicted octanol–water partition coefficient (Wildman–Crippen LogP) is 15.6. The van der Waals surface area contributed by atoms with Gasteiger partial charge in [0.2, 0.25) is 0 Å². The van der Waals surface area contributed by atoms with Gasteiger partial charge in [0.25, 0.3) is 0 Å². The molecule has 0 unspecified atom stereocenters. The summed E-state index contributed by atoms with van der Waals surface area (Å²) in [6.45, 7) is 0. The van der Waals surface area contributed by atoms with Gasteiger partial charge >= 0.3 is 0 Å². The van der Waals surface area contributed by atoms with Crippen LogP contribution in [-0.4, -0.2) is 0 Å². The highest BCUT2D eigenvalue weighted by atomic mass is 16.3. The van der Waals surface area contributed by atoms with E-state index in [4.69, 9.17) is 23.9 Å². The maximum atomic E-state index is 9.65. The van der Waals surface area contributed by atoms with E-state index in [0.717, 1.165) is 49.2 Å². The highest BCUT2D eigenvalue weighted by Gasteiger charge is 2.19. The molecule has 0 saturated carbocycles. The number of para-hydroxylation sites is 1. The fourth-order valence-electron chi connectivity index (χ4n) is 8.07. The van der Waals surface area contributed by atoms with Gasteiger partial charge in [-0.3, -0.25) is 0 Å². The summed E-state index contributed by atoms with van der Waals surface area (Å²) in [4.78, 5) is 0. The Balaban J connectivity index is 1.15. The molecule has 10 aromatic carbocycles. The second-order valence-corrected chi connectivity index (χ2v) is 13.5. The molecule has 260 valence electrons. The molecule has 0 bridgehead atoms. The van der Waals surface area contributed by atoms with Crippen molar-refractivity contribution in [2.45, 2.75) is 0 Å². The predicted molar refractivity (Wildman–Crippen MR) is 235 cm³/mol. The molecular weight excluding hydrogens is 681 g/mol. The highest BCUT2D eigenvalue weighted by molar-refractivity contribution is 6.26. The van der Waals surface area contributed by atoms with Crippen LogP contribution in [0.2, 0.25) is 0 Å². The van der Waals surface area contributed by atoms with Gasteiger partial charge in [0.05, 0.1) is 23.3 Å². The lowest BCUT2D eigenvalue weighted by molar-refractivity contribution is 0.663. The summed E-state index contributed by atoms with van der Waals surface area (Å²) >= 11 is 0. The van der Waals surface area contributed by atoms with E-state index in [0.29, 0.717) is 16.6 Å². The minimum Gasteiger partial charge on any atom is -0.456 e. The Morgan fingerprint density at radius 3 is 1.68 bits per heavy atom. The molecule has 0 amide bonds. The van der Waals surface area contributed by atoms with Crippen molar-refractivity contribution in [3.63, 3.8) is 0 Å². The van der Waals surface area contributed by atoms with Crippen molar-refractivity contribution in [1.29, 1.82) is 0 Å². The van der Waals surface area contributed by atoms with Crippen LogP contribution in [0.4, 0.5) is 0 Å². The molecule has 56 heavy (non-hydrogen) atoms. The first-order valence-electron chi connectivity index (χ1n) is 26.3. The Morgan fingerprint density at radius 2 is 0.929 bits per heavy atom. The fourth-order valence-corrected chi connectivity index (χ4v) is 8.07. The van der Waals surface area contributed by atoms with Gasteiger partial charge in [0.1, 0.15) is 22.3 Å². The zero-order valence-electron chi connectivity index (χ0n) is 46.0. The zero-order chi connectivity index (χ0) is 51.5. The first-order valence-corrected chi connectivity index (χ1v) is 17.8. The van der Waals surface area contributed by atoms with Gasteiger partial charge in [-0.25, -0.2) is 0 Å². The van der Waals surface area contributed by atoms with Crippen molar-refractivity contribution in [2.75, 3.05) is 0 Å². The smallest absolute Gasteiger partial charge is 0.136 e. The molecule has 12 rings (SSSR count). The average molecular weight is 730 g/mol. The van der Waals surface area contributed by atoms with Crippen LogP contribution in [0.25, 0.3) is 121 Å². The minimum absolute atomic E-state index is 0.0195. The molecule has 0 radical (unpaired) electrons. The normalized spacial score (nSPS) is 16.2. The van der Waals surface area contributed by atoms with E-state index >= 15 is 0 Å². The molecular formula is C54H32O2. The Kier molecular flexibility index (Phi) is 4.03. The summed E-state index contributed by atoms with van der Waals surface area (Å²) in [5.74, 6) is 0. The highest BCUT2D eigenvalue weighted by Crippen LogP contribution is 2.46. The summed E-state index contributed by atoms with van der Waals surface area (Å²) in [7, 11) is 0. The number of hydrogen-bond acceptors (Lipinski definition) is 2. The van der Waals surface area contributed by atoms with Gasteiger partial charge in [-0.15, -0.1) is 0 Å². The maximum absolute atomic E-state index is 9.65. The molecule has 0 aliphatic rings. The summed E-state index contributed by atoms with van der Waals surface area (Å²) in [5, 5.41) is 3.90. The van der Waals surface area contributed by atoms with Crippen LogP contribution >= 0.6 is 0 Å². The lowest BCUT2D eigenvalue weighted by atomic mass is 9.85. The maximum Gasteiger partial charge on any atom is 0.136 e. The summed E-state index contributed by atoms with van der Waals surface area (Å²) < 4.78 is 165. The van der Waals surface area contributed by atoms with Crippen molar-refractivity contribution < 1.29 is 32.1 Å². The first-order chi connectivity index (χ1) is 34.8. The quantitative estimate of drug-likeness (QED) is 0.169.